The van der Waals surface area contributed by atoms with E-state index in [2.05, 4.69) is 15.2 Å². The number of hydrogen-bond acceptors (Lipinski definition) is 6. The summed E-state index contributed by atoms with van der Waals surface area (Å²) in [5.74, 6) is 1.96. The predicted molar refractivity (Wildman–Crippen MR) is 118 cm³/mol. The monoisotopic (exact) mass is 436 g/mol. The zero-order valence-electron chi connectivity index (χ0n) is 18.7. The molecule has 0 aliphatic carbocycles. The molecule has 9 nitrogen and oxygen atoms in total. The van der Waals surface area contributed by atoms with Crippen LogP contribution in [0.5, 0.6) is 0 Å². The summed E-state index contributed by atoms with van der Waals surface area (Å²) in [6, 6.07) is 6.09. The van der Waals surface area contributed by atoms with Crippen LogP contribution in [-0.4, -0.2) is 67.7 Å². The van der Waals surface area contributed by atoms with Gasteiger partial charge in [0, 0.05) is 69.4 Å². The maximum absolute atomic E-state index is 12.6. The molecule has 2 aliphatic heterocycles. The van der Waals surface area contributed by atoms with Gasteiger partial charge in [0.1, 0.15) is 0 Å². The van der Waals surface area contributed by atoms with Gasteiger partial charge in [0.05, 0.1) is 11.2 Å². The Bertz CT molecular complexity index is 1170. The number of likely N-dealkylation sites (tertiary alicyclic amines) is 2. The summed E-state index contributed by atoms with van der Waals surface area (Å²) in [6.45, 7) is 6.37. The molecule has 9 heteroatoms. The van der Waals surface area contributed by atoms with Gasteiger partial charge >= 0.3 is 0 Å². The van der Waals surface area contributed by atoms with Gasteiger partial charge in [-0.15, -0.1) is 0 Å². The molecule has 2 saturated heterocycles. The highest BCUT2D eigenvalue weighted by molar-refractivity contribution is 5.85. The Hall–Kier alpha value is -3.23. The van der Waals surface area contributed by atoms with Crippen molar-refractivity contribution >= 4 is 22.7 Å². The summed E-state index contributed by atoms with van der Waals surface area (Å²) in [6.07, 6.45) is 2.16. The fourth-order valence-corrected chi connectivity index (χ4v) is 4.80. The highest BCUT2D eigenvalue weighted by atomic mass is 16.5. The first-order chi connectivity index (χ1) is 15.4. The molecule has 1 aromatic carbocycles. The average Bonchev–Trinajstić information content (AvgIpc) is 3.35. The molecule has 32 heavy (non-hydrogen) atoms. The van der Waals surface area contributed by atoms with Gasteiger partial charge in [-0.1, -0.05) is 17.3 Å². The third-order valence-electron chi connectivity index (χ3n) is 6.80. The summed E-state index contributed by atoms with van der Waals surface area (Å²) < 4.78 is 7.47. The van der Waals surface area contributed by atoms with E-state index in [9.17, 15) is 9.59 Å². The van der Waals surface area contributed by atoms with Crippen molar-refractivity contribution in [2.24, 2.45) is 13.0 Å². The lowest BCUT2D eigenvalue weighted by molar-refractivity contribution is -0.141. The Kier molecular flexibility index (Phi) is 5.19. The van der Waals surface area contributed by atoms with Crippen molar-refractivity contribution in [3.63, 3.8) is 0 Å². The Balaban J connectivity index is 1.19. The van der Waals surface area contributed by atoms with Crippen LogP contribution in [0.25, 0.3) is 22.3 Å². The van der Waals surface area contributed by atoms with E-state index in [0.717, 1.165) is 35.0 Å². The molecule has 5 rings (SSSR count). The van der Waals surface area contributed by atoms with E-state index in [-0.39, 0.29) is 17.7 Å². The molecular formula is C23H28N6O3. The van der Waals surface area contributed by atoms with Crippen molar-refractivity contribution in [2.45, 2.75) is 39.0 Å². The molecule has 0 bridgehead atoms. The quantitative estimate of drug-likeness (QED) is 0.623. The Labute approximate surface area is 186 Å². The van der Waals surface area contributed by atoms with Crippen LogP contribution in [0.1, 0.15) is 43.7 Å². The summed E-state index contributed by atoms with van der Waals surface area (Å²) in [4.78, 5) is 32.3. The van der Waals surface area contributed by atoms with Crippen molar-refractivity contribution < 1.29 is 14.1 Å². The topological polar surface area (TPSA) is 97.4 Å². The number of piperidine rings is 1. The summed E-state index contributed by atoms with van der Waals surface area (Å²) in [5.41, 5.74) is 2.94. The second-order valence-electron chi connectivity index (χ2n) is 9.05. The Morgan fingerprint density at radius 1 is 1.16 bits per heavy atom. The zero-order chi connectivity index (χ0) is 22.4. The van der Waals surface area contributed by atoms with Gasteiger partial charge in [-0.25, -0.2) is 0 Å². The SMILES string of the molecule is CC(=O)N1CC(CC(=O)N2CCC(c3nc(-c4ccc5c(C)nn(C)c5c4)no3)CC2)C1. The van der Waals surface area contributed by atoms with Crippen LogP contribution in [-0.2, 0) is 16.6 Å². The van der Waals surface area contributed by atoms with E-state index in [1.807, 2.05) is 41.8 Å². The van der Waals surface area contributed by atoms with Gasteiger partial charge in [-0.3, -0.25) is 14.3 Å². The molecule has 4 heterocycles. The van der Waals surface area contributed by atoms with Crippen LogP contribution in [0, 0.1) is 12.8 Å². The maximum Gasteiger partial charge on any atom is 0.230 e. The molecule has 2 aromatic heterocycles. The first-order valence-electron chi connectivity index (χ1n) is 11.2. The number of hydrogen-bond donors (Lipinski definition) is 0. The van der Waals surface area contributed by atoms with Gasteiger partial charge < -0.3 is 14.3 Å². The Morgan fingerprint density at radius 3 is 2.62 bits per heavy atom. The minimum Gasteiger partial charge on any atom is -0.343 e. The van der Waals surface area contributed by atoms with E-state index in [4.69, 9.17) is 4.52 Å². The van der Waals surface area contributed by atoms with Crippen molar-refractivity contribution in [3.8, 4) is 11.4 Å². The number of aromatic nitrogens is 4. The third-order valence-corrected chi connectivity index (χ3v) is 6.80. The lowest BCUT2D eigenvalue weighted by atomic mass is 9.93. The summed E-state index contributed by atoms with van der Waals surface area (Å²) in [7, 11) is 1.93. The van der Waals surface area contributed by atoms with Crippen LogP contribution in [0.2, 0.25) is 0 Å². The van der Waals surface area contributed by atoms with E-state index in [0.29, 0.717) is 50.2 Å². The van der Waals surface area contributed by atoms with Crippen molar-refractivity contribution in [3.05, 3.63) is 29.8 Å². The number of benzene rings is 1. The lowest BCUT2D eigenvalue weighted by Gasteiger charge is -2.39. The van der Waals surface area contributed by atoms with Gasteiger partial charge in [0.2, 0.25) is 23.5 Å². The molecule has 2 amide bonds. The number of nitrogens with zero attached hydrogens (tertiary/aromatic N) is 6. The standard InChI is InChI=1S/C23H28N6O3/c1-14-19-5-4-18(11-20(19)27(3)25-14)22-24-23(32-26-22)17-6-8-28(9-7-17)21(31)10-16-12-29(13-16)15(2)30/h4-5,11,16-17H,6-10,12-13H2,1-3H3. The molecule has 0 spiro atoms. The number of rotatable bonds is 4. The molecule has 168 valence electrons. The predicted octanol–water partition coefficient (Wildman–Crippen LogP) is 2.51. The number of carbonyl (C=O) groups excluding carboxylic acids is 2. The van der Waals surface area contributed by atoms with Crippen LogP contribution in [0.4, 0.5) is 0 Å². The minimum absolute atomic E-state index is 0.0868. The van der Waals surface area contributed by atoms with Crippen LogP contribution >= 0.6 is 0 Å². The van der Waals surface area contributed by atoms with Crippen LogP contribution in [0.15, 0.2) is 22.7 Å². The van der Waals surface area contributed by atoms with Gasteiger partial charge in [0.15, 0.2) is 0 Å². The highest BCUT2D eigenvalue weighted by Gasteiger charge is 2.33. The average molecular weight is 437 g/mol. The first kappa shape index (κ1) is 20.7. The molecule has 0 atom stereocenters. The van der Waals surface area contributed by atoms with Crippen molar-refractivity contribution in [1.29, 1.82) is 0 Å². The number of carbonyl (C=O) groups is 2. The molecule has 3 aromatic rings. The van der Waals surface area contributed by atoms with Crippen molar-refractivity contribution in [2.75, 3.05) is 26.2 Å². The molecule has 0 N–H and O–H groups in total. The molecular weight excluding hydrogens is 408 g/mol. The normalized spacial score (nSPS) is 17.7. The van der Waals surface area contributed by atoms with E-state index in [1.54, 1.807) is 11.8 Å². The fourth-order valence-electron chi connectivity index (χ4n) is 4.80. The second-order valence-corrected chi connectivity index (χ2v) is 9.05. The van der Waals surface area contributed by atoms with Gasteiger partial charge in [0.25, 0.3) is 0 Å². The van der Waals surface area contributed by atoms with Gasteiger partial charge in [-0.2, -0.15) is 10.1 Å². The van der Waals surface area contributed by atoms with E-state index < -0.39 is 0 Å². The third kappa shape index (κ3) is 3.76. The largest absolute Gasteiger partial charge is 0.343 e. The molecule has 0 unspecified atom stereocenters. The maximum atomic E-state index is 12.6. The molecule has 0 radical (unpaired) electrons. The lowest BCUT2D eigenvalue weighted by Crippen LogP contribution is -2.51. The summed E-state index contributed by atoms with van der Waals surface area (Å²) in [5, 5.41) is 9.79. The fraction of sp³-hybridized carbons (Fsp3) is 0.522. The van der Waals surface area contributed by atoms with Crippen molar-refractivity contribution in [1.82, 2.24) is 29.7 Å². The first-order valence-corrected chi connectivity index (χ1v) is 11.2. The number of aryl methyl sites for hydroxylation is 2. The van der Waals surface area contributed by atoms with Crippen LogP contribution in [0.3, 0.4) is 0 Å². The highest BCUT2D eigenvalue weighted by Crippen LogP contribution is 2.30. The minimum atomic E-state index is 0.0868. The molecule has 0 saturated carbocycles. The number of fused-ring (bicyclic) bond motifs is 1. The Morgan fingerprint density at radius 2 is 1.91 bits per heavy atom. The molecule has 2 aliphatic rings. The smallest absolute Gasteiger partial charge is 0.230 e. The van der Waals surface area contributed by atoms with E-state index >= 15 is 0 Å². The summed E-state index contributed by atoms with van der Waals surface area (Å²) >= 11 is 0. The second kappa shape index (κ2) is 8.03. The van der Waals surface area contributed by atoms with E-state index in [1.165, 1.54) is 0 Å². The van der Waals surface area contributed by atoms with Gasteiger partial charge in [-0.05, 0) is 25.8 Å². The molecule has 2 fully saturated rings. The van der Waals surface area contributed by atoms with Crippen LogP contribution < -0.4 is 0 Å². The number of amides is 2. The zero-order valence-corrected chi connectivity index (χ0v) is 18.7.